The predicted octanol–water partition coefficient (Wildman–Crippen LogP) is 0.931. The van der Waals surface area contributed by atoms with Gasteiger partial charge in [-0.25, -0.2) is 8.42 Å². The number of nitrogens with zero attached hydrogens (tertiary/aromatic N) is 2. The van der Waals surface area contributed by atoms with Crippen LogP contribution in [0.4, 0.5) is 0 Å². The molecule has 1 aliphatic heterocycles. The quantitative estimate of drug-likeness (QED) is 0.893. The summed E-state index contributed by atoms with van der Waals surface area (Å²) in [6.45, 7) is 1.07. The summed E-state index contributed by atoms with van der Waals surface area (Å²) in [7, 11) is -1.52. The molecule has 1 aromatic carbocycles. The number of piperidine rings is 1. The van der Waals surface area contributed by atoms with E-state index in [2.05, 4.69) is 5.32 Å². The lowest BCUT2D eigenvalue weighted by atomic mass is 10.1. The summed E-state index contributed by atoms with van der Waals surface area (Å²) >= 11 is 0. The van der Waals surface area contributed by atoms with Crippen molar-refractivity contribution in [3.63, 3.8) is 0 Å². The number of nitrogens with one attached hydrogen (secondary N) is 1. The van der Waals surface area contributed by atoms with Crippen LogP contribution in [0, 0.1) is 11.3 Å². The van der Waals surface area contributed by atoms with E-state index in [1.54, 1.807) is 0 Å². The highest BCUT2D eigenvalue weighted by molar-refractivity contribution is 7.89. The van der Waals surface area contributed by atoms with Crippen molar-refractivity contribution in [3.8, 4) is 6.07 Å². The molecule has 1 aromatic rings. The first kappa shape index (κ1) is 14.0. The molecule has 0 spiro atoms. The van der Waals surface area contributed by atoms with Crippen LogP contribution in [0.5, 0.6) is 0 Å². The highest BCUT2D eigenvalue weighted by Gasteiger charge is 2.28. The minimum atomic E-state index is -3.42. The van der Waals surface area contributed by atoms with Crippen LogP contribution >= 0.6 is 0 Å². The highest BCUT2D eigenvalue weighted by atomic mass is 32.2. The second kappa shape index (κ2) is 5.70. The maximum Gasteiger partial charge on any atom is 0.243 e. The molecule has 1 fully saturated rings. The minimum absolute atomic E-state index is 0.259. The summed E-state index contributed by atoms with van der Waals surface area (Å²) in [6.07, 6.45) is 1.65. The van der Waals surface area contributed by atoms with Crippen molar-refractivity contribution in [1.29, 1.82) is 5.26 Å². The molecule has 1 aliphatic rings. The molecule has 0 bridgehead atoms. The van der Waals surface area contributed by atoms with Crippen LogP contribution in [0.2, 0.25) is 0 Å². The van der Waals surface area contributed by atoms with E-state index in [9.17, 15) is 8.42 Å². The van der Waals surface area contributed by atoms with Gasteiger partial charge < -0.3 is 5.32 Å². The Balaban J connectivity index is 2.16. The van der Waals surface area contributed by atoms with E-state index in [-0.39, 0.29) is 4.90 Å². The van der Waals surface area contributed by atoms with E-state index in [0.29, 0.717) is 24.7 Å². The predicted molar refractivity (Wildman–Crippen MR) is 72.0 cm³/mol. The van der Waals surface area contributed by atoms with E-state index < -0.39 is 10.0 Å². The van der Waals surface area contributed by atoms with Gasteiger partial charge in [0.05, 0.1) is 16.5 Å². The average Bonchev–Trinajstić information content (AvgIpc) is 2.47. The van der Waals surface area contributed by atoms with Gasteiger partial charge in [-0.15, -0.1) is 0 Å². The SMILES string of the molecule is CNC1CCN(S(=O)(=O)c2ccc(C#N)cc2)CC1. The average molecular weight is 279 g/mol. The van der Waals surface area contributed by atoms with E-state index in [1.807, 2.05) is 13.1 Å². The van der Waals surface area contributed by atoms with Crippen LogP contribution in [0.15, 0.2) is 29.2 Å². The van der Waals surface area contributed by atoms with Crippen LogP contribution in [0.3, 0.4) is 0 Å². The lowest BCUT2D eigenvalue weighted by Crippen LogP contribution is -2.43. The topological polar surface area (TPSA) is 73.2 Å². The molecule has 0 atom stereocenters. The molecule has 0 aliphatic carbocycles. The molecule has 0 aromatic heterocycles. The van der Waals surface area contributed by atoms with Gasteiger partial charge in [0, 0.05) is 19.1 Å². The number of hydrogen-bond donors (Lipinski definition) is 1. The number of sulfonamides is 1. The number of nitriles is 1. The van der Waals surface area contributed by atoms with Crippen molar-refractivity contribution in [1.82, 2.24) is 9.62 Å². The van der Waals surface area contributed by atoms with Crippen LogP contribution in [0.25, 0.3) is 0 Å². The second-order valence-electron chi connectivity index (χ2n) is 4.60. The molecule has 1 N–H and O–H groups in total. The number of benzene rings is 1. The zero-order valence-electron chi connectivity index (χ0n) is 10.8. The molecular formula is C13H17N3O2S. The summed E-state index contributed by atoms with van der Waals surface area (Å²) < 4.78 is 26.3. The van der Waals surface area contributed by atoms with Crippen molar-refractivity contribution >= 4 is 10.0 Å². The summed E-state index contributed by atoms with van der Waals surface area (Å²) in [5.41, 5.74) is 0.466. The Hall–Kier alpha value is -1.42. The molecule has 0 radical (unpaired) electrons. The van der Waals surface area contributed by atoms with Crippen molar-refractivity contribution in [3.05, 3.63) is 29.8 Å². The Bertz CT molecular complexity index is 567. The van der Waals surface area contributed by atoms with Gasteiger partial charge in [-0.1, -0.05) is 0 Å². The molecule has 0 amide bonds. The summed E-state index contributed by atoms with van der Waals surface area (Å²) in [5, 5.41) is 11.9. The van der Waals surface area contributed by atoms with Crippen LogP contribution in [0.1, 0.15) is 18.4 Å². The van der Waals surface area contributed by atoms with Gasteiger partial charge in [-0.2, -0.15) is 9.57 Å². The van der Waals surface area contributed by atoms with E-state index >= 15 is 0 Å². The molecular weight excluding hydrogens is 262 g/mol. The Kier molecular flexibility index (Phi) is 4.20. The fourth-order valence-electron chi connectivity index (χ4n) is 2.24. The third-order valence-corrected chi connectivity index (χ3v) is 5.40. The van der Waals surface area contributed by atoms with E-state index in [4.69, 9.17) is 5.26 Å². The zero-order valence-corrected chi connectivity index (χ0v) is 11.7. The van der Waals surface area contributed by atoms with E-state index in [0.717, 1.165) is 12.8 Å². The molecule has 1 saturated heterocycles. The van der Waals surface area contributed by atoms with Crippen molar-refractivity contribution < 1.29 is 8.42 Å². The summed E-state index contributed by atoms with van der Waals surface area (Å²) in [4.78, 5) is 0.259. The van der Waals surface area contributed by atoms with Gasteiger partial charge in [0.25, 0.3) is 0 Å². The van der Waals surface area contributed by atoms with Gasteiger partial charge in [0.1, 0.15) is 0 Å². The lowest BCUT2D eigenvalue weighted by molar-refractivity contribution is 0.298. The molecule has 6 heteroatoms. The number of rotatable bonds is 3. The lowest BCUT2D eigenvalue weighted by Gasteiger charge is -2.30. The Morgan fingerprint density at radius 1 is 1.26 bits per heavy atom. The summed E-state index contributed by atoms with van der Waals surface area (Å²) in [6, 6.07) is 8.44. The van der Waals surface area contributed by atoms with Gasteiger partial charge >= 0.3 is 0 Å². The largest absolute Gasteiger partial charge is 0.317 e. The van der Waals surface area contributed by atoms with Gasteiger partial charge in [0.15, 0.2) is 0 Å². The fourth-order valence-corrected chi connectivity index (χ4v) is 3.71. The molecule has 2 rings (SSSR count). The fraction of sp³-hybridized carbons (Fsp3) is 0.462. The maximum atomic E-state index is 12.4. The maximum absolute atomic E-state index is 12.4. The van der Waals surface area contributed by atoms with Gasteiger partial charge in [0.2, 0.25) is 10.0 Å². The molecule has 19 heavy (non-hydrogen) atoms. The Morgan fingerprint density at radius 2 is 1.84 bits per heavy atom. The van der Waals surface area contributed by atoms with Gasteiger partial charge in [-0.3, -0.25) is 0 Å². The first-order valence-corrected chi connectivity index (χ1v) is 7.69. The molecule has 0 unspecified atom stereocenters. The first-order chi connectivity index (χ1) is 9.07. The number of hydrogen-bond acceptors (Lipinski definition) is 4. The monoisotopic (exact) mass is 279 g/mol. The third kappa shape index (κ3) is 2.95. The van der Waals surface area contributed by atoms with Gasteiger partial charge in [-0.05, 0) is 44.2 Å². The highest BCUT2D eigenvalue weighted by Crippen LogP contribution is 2.20. The van der Waals surface area contributed by atoms with Crippen molar-refractivity contribution in [2.24, 2.45) is 0 Å². The van der Waals surface area contributed by atoms with Crippen molar-refractivity contribution in [2.75, 3.05) is 20.1 Å². The smallest absolute Gasteiger partial charge is 0.243 e. The molecule has 102 valence electrons. The Morgan fingerprint density at radius 3 is 2.32 bits per heavy atom. The van der Waals surface area contributed by atoms with Crippen LogP contribution < -0.4 is 5.32 Å². The molecule has 1 heterocycles. The van der Waals surface area contributed by atoms with Crippen LogP contribution in [-0.2, 0) is 10.0 Å². The summed E-state index contributed by atoms with van der Waals surface area (Å²) in [5.74, 6) is 0. The Labute approximate surface area is 113 Å². The molecule has 0 saturated carbocycles. The minimum Gasteiger partial charge on any atom is -0.317 e. The standard InChI is InChI=1S/C13H17N3O2S/c1-15-12-6-8-16(9-7-12)19(17,18)13-4-2-11(10-14)3-5-13/h2-5,12,15H,6-9H2,1H3. The first-order valence-electron chi connectivity index (χ1n) is 6.25. The zero-order chi connectivity index (χ0) is 13.9. The third-order valence-electron chi connectivity index (χ3n) is 3.48. The normalized spacial score (nSPS) is 18.1. The van der Waals surface area contributed by atoms with E-state index in [1.165, 1.54) is 28.6 Å². The van der Waals surface area contributed by atoms with Crippen molar-refractivity contribution in [2.45, 2.75) is 23.8 Å². The van der Waals surface area contributed by atoms with Crippen LogP contribution in [-0.4, -0.2) is 38.9 Å². The molecule has 5 nitrogen and oxygen atoms in total. The second-order valence-corrected chi connectivity index (χ2v) is 6.54.